The molecule has 1 N–H and O–H groups in total. The molecule has 3 aromatic rings. The monoisotopic (exact) mass is 331 g/mol. The van der Waals surface area contributed by atoms with Crippen molar-refractivity contribution in [3.63, 3.8) is 0 Å². The van der Waals surface area contributed by atoms with Crippen LogP contribution in [0.1, 0.15) is 21.6 Å². The molecule has 0 fully saturated rings. The maximum Gasteiger partial charge on any atom is 0.274 e. The van der Waals surface area contributed by atoms with Gasteiger partial charge < -0.3 is 10.2 Å². The predicted octanol–water partition coefficient (Wildman–Crippen LogP) is 4.72. The Morgan fingerprint density at radius 2 is 1.72 bits per heavy atom. The normalized spacial score (nSPS) is 10.4. The first-order chi connectivity index (χ1) is 12.0. The molecule has 0 bridgehead atoms. The van der Waals surface area contributed by atoms with Crippen molar-refractivity contribution in [2.75, 3.05) is 17.3 Å². The lowest BCUT2D eigenvalue weighted by Crippen LogP contribution is -2.16. The Bertz CT molecular complexity index is 891. The molecule has 0 aliphatic heterocycles. The summed E-state index contributed by atoms with van der Waals surface area (Å²) >= 11 is 0. The Morgan fingerprint density at radius 3 is 2.48 bits per heavy atom. The molecule has 0 saturated carbocycles. The molecular formula is C21H21N3O. The van der Waals surface area contributed by atoms with Crippen LogP contribution in [0.25, 0.3) is 0 Å². The second-order valence-electron chi connectivity index (χ2n) is 6.07. The summed E-state index contributed by atoms with van der Waals surface area (Å²) in [6.45, 7) is 3.98. The minimum atomic E-state index is -0.211. The van der Waals surface area contributed by atoms with Crippen molar-refractivity contribution in [1.82, 2.24) is 4.98 Å². The number of hydrogen-bond donors (Lipinski definition) is 1. The van der Waals surface area contributed by atoms with Crippen molar-refractivity contribution < 1.29 is 4.79 Å². The quantitative estimate of drug-likeness (QED) is 0.752. The molecule has 4 heteroatoms. The van der Waals surface area contributed by atoms with E-state index in [1.54, 1.807) is 12.3 Å². The highest BCUT2D eigenvalue weighted by molar-refractivity contribution is 6.03. The summed E-state index contributed by atoms with van der Waals surface area (Å²) in [5.41, 5.74) is 5.29. The van der Waals surface area contributed by atoms with Gasteiger partial charge in [0.25, 0.3) is 5.91 Å². The van der Waals surface area contributed by atoms with E-state index in [4.69, 9.17) is 0 Å². The van der Waals surface area contributed by atoms with Gasteiger partial charge >= 0.3 is 0 Å². The minimum absolute atomic E-state index is 0.211. The van der Waals surface area contributed by atoms with E-state index >= 15 is 0 Å². The molecular weight excluding hydrogens is 310 g/mol. The lowest BCUT2D eigenvalue weighted by molar-refractivity contribution is 0.102. The molecule has 0 saturated heterocycles. The van der Waals surface area contributed by atoms with Crippen LogP contribution >= 0.6 is 0 Å². The number of para-hydroxylation sites is 1. The second kappa shape index (κ2) is 7.18. The summed E-state index contributed by atoms with van der Waals surface area (Å²) in [4.78, 5) is 18.8. The summed E-state index contributed by atoms with van der Waals surface area (Å²) in [5, 5.41) is 2.95. The van der Waals surface area contributed by atoms with Crippen LogP contribution in [0.2, 0.25) is 0 Å². The van der Waals surface area contributed by atoms with Gasteiger partial charge in [0.15, 0.2) is 0 Å². The highest BCUT2D eigenvalue weighted by Crippen LogP contribution is 2.24. The number of anilines is 3. The molecule has 0 atom stereocenters. The van der Waals surface area contributed by atoms with Gasteiger partial charge in [0.05, 0.1) is 0 Å². The van der Waals surface area contributed by atoms with E-state index in [-0.39, 0.29) is 5.91 Å². The highest BCUT2D eigenvalue weighted by Gasteiger charge is 2.12. The minimum Gasteiger partial charge on any atom is -0.345 e. The van der Waals surface area contributed by atoms with Crippen LogP contribution in [0.4, 0.5) is 17.1 Å². The number of aromatic nitrogens is 1. The van der Waals surface area contributed by atoms with E-state index in [0.717, 1.165) is 28.2 Å². The Hall–Kier alpha value is -3.14. The van der Waals surface area contributed by atoms with Crippen molar-refractivity contribution in [3.8, 4) is 0 Å². The smallest absolute Gasteiger partial charge is 0.274 e. The van der Waals surface area contributed by atoms with Crippen LogP contribution in [0.15, 0.2) is 66.9 Å². The standard InChI is InChI=1S/C21H21N3O/c1-15-9-10-16(2)19(13-15)23-21(25)20-14-18(11-12-22-20)24(3)17-7-5-4-6-8-17/h4-14H,1-3H3,(H,23,25). The first-order valence-electron chi connectivity index (χ1n) is 8.18. The zero-order chi connectivity index (χ0) is 17.8. The van der Waals surface area contributed by atoms with Gasteiger partial charge in [-0.3, -0.25) is 9.78 Å². The number of amides is 1. The molecule has 1 heterocycles. The van der Waals surface area contributed by atoms with Gasteiger partial charge in [0, 0.05) is 30.3 Å². The van der Waals surface area contributed by atoms with E-state index in [9.17, 15) is 4.79 Å². The number of nitrogens with one attached hydrogen (secondary N) is 1. The van der Waals surface area contributed by atoms with Gasteiger partial charge in [-0.1, -0.05) is 30.3 Å². The number of nitrogens with zero attached hydrogens (tertiary/aromatic N) is 2. The van der Waals surface area contributed by atoms with Crippen molar-refractivity contribution >= 4 is 23.0 Å². The SMILES string of the molecule is Cc1ccc(C)c(NC(=O)c2cc(N(C)c3ccccc3)ccn2)c1. The van der Waals surface area contributed by atoms with E-state index in [2.05, 4.69) is 10.3 Å². The van der Waals surface area contributed by atoms with Gasteiger partial charge in [-0.15, -0.1) is 0 Å². The summed E-state index contributed by atoms with van der Waals surface area (Å²) in [7, 11) is 1.97. The Morgan fingerprint density at radius 1 is 0.960 bits per heavy atom. The number of aryl methyl sites for hydroxylation is 2. The van der Waals surface area contributed by atoms with Gasteiger partial charge in [0.1, 0.15) is 5.69 Å². The molecule has 0 unspecified atom stereocenters. The average molecular weight is 331 g/mol. The predicted molar refractivity (Wildman–Crippen MR) is 103 cm³/mol. The molecule has 25 heavy (non-hydrogen) atoms. The van der Waals surface area contributed by atoms with Crippen LogP contribution in [0, 0.1) is 13.8 Å². The van der Waals surface area contributed by atoms with Crippen molar-refractivity contribution in [2.24, 2.45) is 0 Å². The van der Waals surface area contributed by atoms with Crippen LogP contribution in [0.3, 0.4) is 0 Å². The topological polar surface area (TPSA) is 45.2 Å². The molecule has 3 rings (SSSR count). The lowest BCUT2D eigenvalue weighted by Gasteiger charge is -2.19. The van der Waals surface area contributed by atoms with Crippen molar-refractivity contribution in [1.29, 1.82) is 0 Å². The number of carbonyl (C=O) groups excluding carboxylic acids is 1. The molecule has 0 aliphatic carbocycles. The largest absolute Gasteiger partial charge is 0.345 e. The van der Waals surface area contributed by atoms with Crippen LogP contribution in [0.5, 0.6) is 0 Å². The zero-order valence-electron chi connectivity index (χ0n) is 14.7. The summed E-state index contributed by atoms with van der Waals surface area (Å²) < 4.78 is 0. The third-order valence-electron chi connectivity index (χ3n) is 4.15. The fourth-order valence-corrected chi connectivity index (χ4v) is 2.61. The third kappa shape index (κ3) is 3.86. The van der Waals surface area contributed by atoms with Crippen LogP contribution in [-0.2, 0) is 0 Å². The second-order valence-corrected chi connectivity index (χ2v) is 6.07. The molecule has 126 valence electrons. The van der Waals surface area contributed by atoms with E-state index in [1.165, 1.54) is 0 Å². The van der Waals surface area contributed by atoms with Gasteiger partial charge in [-0.2, -0.15) is 0 Å². The number of carbonyl (C=O) groups is 1. The summed E-state index contributed by atoms with van der Waals surface area (Å²) in [6.07, 6.45) is 1.66. The Labute approximate surface area is 148 Å². The third-order valence-corrected chi connectivity index (χ3v) is 4.15. The number of pyridine rings is 1. The van der Waals surface area contributed by atoms with Gasteiger partial charge in [-0.25, -0.2) is 0 Å². The molecule has 0 aliphatic rings. The average Bonchev–Trinajstić information content (AvgIpc) is 2.65. The summed E-state index contributed by atoms with van der Waals surface area (Å²) in [5.74, 6) is -0.211. The molecule has 2 aromatic carbocycles. The van der Waals surface area contributed by atoms with E-state index in [0.29, 0.717) is 5.69 Å². The number of hydrogen-bond acceptors (Lipinski definition) is 3. The molecule has 1 amide bonds. The first kappa shape index (κ1) is 16.7. The van der Waals surface area contributed by atoms with Crippen LogP contribution in [-0.4, -0.2) is 17.9 Å². The van der Waals surface area contributed by atoms with Crippen molar-refractivity contribution in [3.05, 3.63) is 83.7 Å². The first-order valence-corrected chi connectivity index (χ1v) is 8.18. The maximum atomic E-state index is 12.6. The van der Waals surface area contributed by atoms with E-state index < -0.39 is 0 Å². The zero-order valence-corrected chi connectivity index (χ0v) is 14.7. The Balaban J connectivity index is 1.83. The molecule has 1 aromatic heterocycles. The fraction of sp³-hybridized carbons (Fsp3) is 0.143. The van der Waals surface area contributed by atoms with Crippen LogP contribution < -0.4 is 10.2 Å². The van der Waals surface area contributed by atoms with Crippen molar-refractivity contribution in [2.45, 2.75) is 13.8 Å². The number of benzene rings is 2. The maximum absolute atomic E-state index is 12.6. The molecule has 0 radical (unpaired) electrons. The van der Waals surface area contributed by atoms with E-state index in [1.807, 2.05) is 80.4 Å². The van der Waals surface area contributed by atoms with Gasteiger partial charge in [0.2, 0.25) is 0 Å². The highest BCUT2D eigenvalue weighted by atomic mass is 16.1. The molecule has 0 spiro atoms. The molecule has 4 nitrogen and oxygen atoms in total. The summed E-state index contributed by atoms with van der Waals surface area (Å²) in [6, 6.07) is 19.7. The Kier molecular flexibility index (Phi) is 4.80. The number of rotatable bonds is 4. The fourth-order valence-electron chi connectivity index (χ4n) is 2.61. The van der Waals surface area contributed by atoms with Gasteiger partial charge in [-0.05, 0) is 55.3 Å². The lowest BCUT2D eigenvalue weighted by atomic mass is 10.1.